The number of amidine groups is 1. The smallest absolute Gasteiger partial charge is 0.323 e. The number of aromatic nitrogens is 4. The van der Waals surface area contributed by atoms with Crippen LogP contribution in [0.1, 0.15) is 38.4 Å². The Hall–Kier alpha value is -5.13. The van der Waals surface area contributed by atoms with Crippen LogP contribution >= 0.6 is 0 Å². The van der Waals surface area contributed by atoms with Crippen LogP contribution < -0.4 is 15.5 Å². The number of halogens is 3. The molecule has 206 valence electrons. The van der Waals surface area contributed by atoms with Crippen molar-refractivity contribution >= 4 is 46.5 Å². The SMILES string of the molecule is Cc1ccc(NC(=O)c2cc(C(F)(F)F)ccn2)cc1C1=Cc2cnc(Nc3cccnc3C)nc2N2CCN=C12. The average Bonchev–Trinajstić information content (AvgIpc) is 3.45. The highest BCUT2D eigenvalue weighted by Gasteiger charge is 2.32. The number of anilines is 4. The Bertz CT molecular complexity index is 1750. The first kappa shape index (κ1) is 26.1. The molecule has 6 rings (SSSR count). The van der Waals surface area contributed by atoms with E-state index in [-0.39, 0.29) is 5.69 Å². The van der Waals surface area contributed by atoms with Crippen molar-refractivity contribution in [2.75, 3.05) is 28.6 Å². The topological polar surface area (TPSA) is 108 Å². The van der Waals surface area contributed by atoms with Gasteiger partial charge in [-0.2, -0.15) is 18.2 Å². The molecule has 0 aliphatic carbocycles. The number of benzene rings is 1. The number of nitrogens with one attached hydrogen (secondary N) is 2. The number of aryl methyl sites for hydroxylation is 2. The summed E-state index contributed by atoms with van der Waals surface area (Å²) in [6.45, 7) is 5.05. The Morgan fingerprint density at radius 2 is 1.88 bits per heavy atom. The quantitative estimate of drug-likeness (QED) is 0.326. The van der Waals surface area contributed by atoms with Crippen molar-refractivity contribution in [1.82, 2.24) is 19.9 Å². The van der Waals surface area contributed by atoms with E-state index in [1.54, 1.807) is 24.5 Å². The molecule has 9 nitrogen and oxygen atoms in total. The minimum Gasteiger partial charge on any atom is -0.323 e. The van der Waals surface area contributed by atoms with Gasteiger partial charge in [0.05, 0.1) is 23.5 Å². The van der Waals surface area contributed by atoms with Crippen molar-refractivity contribution in [3.05, 3.63) is 94.7 Å². The van der Waals surface area contributed by atoms with E-state index in [9.17, 15) is 18.0 Å². The number of alkyl halides is 3. The highest BCUT2D eigenvalue weighted by atomic mass is 19.4. The lowest BCUT2D eigenvalue weighted by Gasteiger charge is -2.28. The summed E-state index contributed by atoms with van der Waals surface area (Å²) < 4.78 is 39.3. The first-order chi connectivity index (χ1) is 19.7. The van der Waals surface area contributed by atoms with Gasteiger partial charge >= 0.3 is 6.18 Å². The standard InChI is InChI=1S/C29H23F3N8O/c1-16-5-6-20(37-27(41)24-13-19(7-9-34-24)29(30,31)32)14-21(16)22-12-18-15-36-28(38-23-4-3-8-33-17(23)2)39-25(18)40-11-10-35-26(22)40/h3-9,12-15H,10-11H2,1-2H3,(H,37,41)(H,36,38,39). The van der Waals surface area contributed by atoms with Crippen LogP contribution in [0, 0.1) is 13.8 Å². The van der Waals surface area contributed by atoms with E-state index in [0.717, 1.165) is 63.6 Å². The predicted molar refractivity (Wildman–Crippen MR) is 150 cm³/mol. The van der Waals surface area contributed by atoms with Crippen LogP contribution in [0.2, 0.25) is 0 Å². The maximum atomic E-state index is 13.1. The lowest BCUT2D eigenvalue weighted by molar-refractivity contribution is -0.137. The van der Waals surface area contributed by atoms with E-state index < -0.39 is 17.6 Å². The van der Waals surface area contributed by atoms with Crippen molar-refractivity contribution < 1.29 is 18.0 Å². The summed E-state index contributed by atoms with van der Waals surface area (Å²) in [5.41, 5.74) is 4.14. The van der Waals surface area contributed by atoms with Crippen molar-refractivity contribution in [3.8, 4) is 0 Å². The van der Waals surface area contributed by atoms with Gasteiger partial charge in [0.2, 0.25) is 5.95 Å². The van der Waals surface area contributed by atoms with Crippen LogP contribution in [0.5, 0.6) is 0 Å². The third-order valence-corrected chi connectivity index (χ3v) is 6.79. The molecule has 3 aromatic heterocycles. The number of carbonyl (C=O) groups excluding carboxylic acids is 1. The molecule has 4 aromatic rings. The van der Waals surface area contributed by atoms with Gasteiger partial charge in [-0.15, -0.1) is 0 Å². The van der Waals surface area contributed by atoms with Crippen molar-refractivity contribution in [3.63, 3.8) is 0 Å². The summed E-state index contributed by atoms with van der Waals surface area (Å²) in [6, 6.07) is 10.6. The fraction of sp³-hybridized carbons (Fsp3) is 0.172. The number of hydrogen-bond acceptors (Lipinski definition) is 8. The number of rotatable bonds is 5. The highest BCUT2D eigenvalue weighted by molar-refractivity contribution is 6.36. The second-order valence-electron chi connectivity index (χ2n) is 9.56. The molecule has 12 heteroatoms. The van der Waals surface area contributed by atoms with Crippen molar-refractivity contribution in [2.45, 2.75) is 20.0 Å². The first-order valence-corrected chi connectivity index (χ1v) is 12.7. The molecular weight excluding hydrogens is 533 g/mol. The molecule has 0 unspecified atom stereocenters. The molecule has 1 aromatic carbocycles. The zero-order valence-electron chi connectivity index (χ0n) is 22.0. The fourth-order valence-corrected chi connectivity index (χ4v) is 4.72. The Labute approximate surface area is 232 Å². The molecule has 0 atom stereocenters. The third kappa shape index (κ3) is 5.11. The van der Waals surface area contributed by atoms with Gasteiger partial charge in [0.15, 0.2) is 0 Å². The van der Waals surface area contributed by atoms with Gasteiger partial charge in [-0.05, 0) is 67.4 Å². The van der Waals surface area contributed by atoms with Gasteiger partial charge < -0.3 is 15.5 Å². The fourth-order valence-electron chi connectivity index (χ4n) is 4.72. The average molecular weight is 557 g/mol. The molecule has 2 N–H and O–H groups in total. The van der Waals surface area contributed by atoms with Gasteiger partial charge in [0.1, 0.15) is 17.3 Å². The summed E-state index contributed by atoms with van der Waals surface area (Å²) in [5.74, 6) is 1.16. The summed E-state index contributed by atoms with van der Waals surface area (Å²) in [4.78, 5) is 36.9. The molecule has 5 heterocycles. The van der Waals surface area contributed by atoms with E-state index in [4.69, 9.17) is 9.98 Å². The van der Waals surface area contributed by atoms with Crippen LogP contribution in [0.3, 0.4) is 0 Å². The van der Waals surface area contributed by atoms with E-state index in [2.05, 4.69) is 25.6 Å². The monoisotopic (exact) mass is 556 g/mol. The number of aliphatic imine (C=N–C) groups is 1. The molecule has 0 saturated carbocycles. The molecule has 0 spiro atoms. The van der Waals surface area contributed by atoms with Gasteiger partial charge in [-0.25, -0.2) is 4.98 Å². The van der Waals surface area contributed by atoms with Crippen LogP contribution in [-0.2, 0) is 6.18 Å². The van der Waals surface area contributed by atoms with E-state index >= 15 is 0 Å². The number of hydrogen-bond donors (Lipinski definition) is 2. The molecule has 2 aliphatic rings. The summed E-state index contributed by atoms with van der Waals surface area (Å²) in [7, 11) is 0. The second-order valence-corrected chi connectivity index (χ2v) is 9.56. The molecular formula is C29H23F3N8O. The van der Waals surface area contributed by atoms with Gasteiger partial charge in [-0.1, -0.05) is 6.07 Å². The number of nitrogens with zero attached hydrogens (tertiary/aromatic N) is 6. The Kier molecular flexibility index (Phi) is 6.45. The molecule has 41 heavy (non-hydrogen) atoms. The largest absolute Gasteiger partial charge is 0.416 e. The first-order valence-electron chi connectivity index (χ1n) is 12.7. The van der Waals surface area contributed by atoms with Crippen LogP contribution in [0.15, 0.2) is 66.0 Å². The second kappa shape index (κ2) is 10.1. The van der Waals surface area contributed by atoms with Crippen LogP contribution in [0.25, 0.3) is 11.6 Å². The molecule has 0 radical (unpaired) electrons. The summed E-state index contributed by atoms with van der Waals surface area (Å²) in [6.07, 6.45) is 1.81. The lowest BCUT2D eigenvalue weighted by atomic mass is 9.94. The number of pyridine rings is 2. The Morgan fingerprint density at radius 3 is 2.68 bits per heavy atom. The molecule has 0 saturated heterocycles. The van der Waals surface area contributed by atoms with Gasteiger partial charge in [0, 0.05) is 42.0 Å². The van der Waals surface area contributed by atoms with E-state index in [1.165, 1.54) is 0 Å². The number of amides is 1. The molecule has 2 aliphatic heterocycles. The van der Waals surface area contributed by atoms with Crippen molar-refractivity contribution in [1.29, 1.82) is 0 Å². The van der Waals surface area contributed by atoms with Gasteiger partial charge in [0.25, 0.3) is 5.91 Å². The summed E-state index contributed by atoms with van der Waals surface area (Å²) in [5, 5.41) is 5.90. The number of fused-ring (bicyclic) bond motifs is 3. The maximum absolute atomic E-state index is 13.1. The van der Waals surface area contributed by atoms with Crippen molar-refractivity contribution in [2.24, 2.45) is 4.99 Å². The molecule has 0 bridgehead atoms. The normalized spacial score (nSPS) is 14.1. The molecule has 0 fully saturated rings. The van der Waals surface area contributed by atoms with Crippen LogP contribution in [0.4, 0.5) is 36.3 Å². The highest BCUT2D eigenvalue weighted by Crippen LogP contribution is 2.37. The Balaban J connectivity index is 1.31. The zero-order chi connectivity index (χ0) is 28.7. The minimum absolute atomic E-state index is 0.331. The van der Waals surface area contributed by atoms with Gasteiger partial charge in [-0.3, -0.25) is 19.8 Å². The maximum Gasteiger partial charge on any atom is 0.416 e. The predicted octanol–water partition coefficient (Wildman–Crippen LogP) is 5.67. The van der Waals surface area contributed by atoms with E-state index in [0.29, 0.717) is 24.7 Å². The van der Waals surface area contributed by atoms with E-state index in [1.807, 2.05) is 43.0 Å². The molecule has 1 amide bonds. The minimum atomic E-state index is -4.58. The Morgan fingerprint density at radius 1 is 1.02 bits per heavy atom. The third-order valence-electron chi connectivity index (χ3n) is 6.79. The van der Waals surface area contributed by atoms with Crippen LogP contribution in [-0.4, -0.2) is 44.8 Å². The zero-order valence-corrected chi connectivity index (χ0v) is 22.0. The summed E-state index contributed by atoms with van der Waals surface area (Å²) >= 11 is 0. The number of carbonyl (C=O) groups is 1. The lowest BCUT2D eigenvalue weighted by Crippen LogP contribution is -2.32.